The number of benzene rings is 1. The van der Waals surface area contributed by atoms with Gasteiger partial charge in [-0.1, -0.05) is 6.07 Å². The van der Waals surface area contributed by atoms with E-state index in [4.69, 9.17) is 11.0 Å². The molecular formula is C13H18N2OS. The molecule has 0 spiro atoms. The molecule has 0 fully saturated rings. The molecule has 1 atom stereocenters. The summed E-state index contributed by atoms with van der Waals surface area (Å²) < 4.78 is 12.1. The van der Waals surface area contributed by atoms with Crippen molar-refractivity contribution in [1.29, 1.82) is 5.26 Å². The Bertz CT molecular complexity index is 475. The highest BCUT2D eigenvalue weighted by molar-refractivity contribution is 7.85. The lowest BCUT2D eigenvalue weighted by Crippen LogP contribution is -2.13. The zero-order valence-electron chi connectivity index (χ0n) is 10.5. The minimum absolute atomic E-state index is 0.436. The van der Waals surface area contributed by atoms with Crippen LogP contribution in [0.4, 0.5) is 5.69 Å². The molecule has 1 rings (SSSR count). The fourth-order valence-corrected chi connectivity index (χ4v) is 2.92. The Morgan fingerprint density at radius 3 is 2.71 bits per heavy atom. The fourth-order valence-electron chi connectivity index (χ4n) is 1.35. The molecule has 0 heterocycles. The lowest BCUT2D eigenvalue weighted by Gasteiger charge is -2.14. The molecule has 0 saturated heterocycles. The number of anilines is 1. The van der Waals surface area contributed by atoms with Gasteiger partial charge in [-0.25, -0.2) is 0 Å². The van der Waals surface area contributed by atoms with Crippen LogP contribution in [-0.2, 0) is 10.8 Å². The molecule has 0 aliphatic rings. The van der Waals surface area contributed by atoms with Crippen molar-refractivity contribution in [3.8, 4) is 6.07 Å². The highest BCUT2D eigenvalue weighted by Gasteiger charge is 2.19. The molecule has 1 aromatic rings. The van der Waals surface area contributed by atoms with E-state index in [9.17, 15) is 4.21 Å². The number of nitrogens with two attached hydrogens (primary N) is 1. The van der Waals surface area contributed by atoms with Crippen LogP contribution in [0, 0.1) is 23.7 Å². The van der Waals surface area contributed by atoms with Gasteiger partial charge in [-0.3, -0.25) is 4.21 Å². The van der Waals surface area contributed by atoms with Crippen molar-refractivity contribution in [2.24, 2.45) is 5.41 Å². The zero-order valence-corrected chi connectivity index (χ0v) is 11.3. The fraction of sp³-hybridized carbons (Fsp3) is 0.462. The molecular weight excluding hydrogens is 232 g/mol. The summed E-state index contributed by atoms with van der Waals surface area (Å²) >= 11 is 0. The highest BCUT2D eigenvalue weighted by atomic mass is 32.2. The molecule has 92 valence electrons. The van der Waals surface area contributed by atoms with Crippen LogP contribution in [0.2, 0.25) is 0 Å². The maximum atomic E-state index is 12.1. The summed E-state index contributed by atoms with van der Waals surface area (Å²) in [5, 5.41) is 8.90. The summed E-state index contributed by atoms with van der Waals surface area (Å²) in [6.07, 6.45) is 0.601. The van der Waals surface area contributed by atoms with Gasteiger partial charge in [0.15, 0.2) is 0 Å². The summed E-state index contributed by atoms with van der Waals surface area (Å²) in [5.41, 5.74) is 6.97. The monoisotopic (exact) mass is 250 g/mol. The van der Waals surface area contributed by atoms with Crippen molar-refractivity contribution in [2.45, 2.75) is 32.1 Å². The summed E-state index contributed by atoms with van der Waals surface area (Å²) in [7, 11) is -1.13. The van der Waals surface area contributed by atoms with E-state index in [0.717, 1.165) is 5.56 Å². The minimum atomic E-state index is -1.13. The van der Waals surface area contributed by atoms with Crippen LogP contribution in [0.25, 0.3) is 0 Å². The van der Waals surface area contributed by atoms with Gasteiger partial charge in [-0.05, 0) is 44.9 Å². The maximum absolute atomic E-state index is 12.1. The quantitative estimate of drug-likeness (QED) is 0.835. The topological polar surface area (TPSA) is 66.9 Å². The van der Waals surface area contributed by atoms with E-state index in [-0.39, 0.29) is 0 Å². The van der Waals surface area contributed by atoms with Crippen LogP contribution in [-0.4, -0.2) is 9.96 Å². The first-order valence-electron chi connectivity index (χ1n) is 5.51. The SMILES string of the molecule is Cc1ccc(N)c(S(=O)CCC(C)(C)C#N)c1. The predicted octanol–water partition coefficient (Wildman–Crippen LogP) is 2.62. The average molecular weight is 250 g/mol. The number of nitrogens with zero attached hydrogens (tertiary/aromatic N) is 1. The second kappa shape index (κ2) is 5.33. The largest absolute Gasteiger partial charge is 0.398 e. The Hall–Kier alpha value is -1.34. The van der Waals surface area contributed by atoms with Gasteiger partial charge >= 0.3 is 0 Å². The first kappa shape index (κ1) is 13.7. The number of nitrogen functional groups attached to an aromatic ring is 1. The Labute approximate surface area is 105 Å². The van der Waals surface area contributed by atoms with Crippen molar-refractivity contribution in [1.82, 2.24) is 0 Å². The molecule has 0 aliphatic carbocycles. The van der Waals surface area contributed by atoms with E-state index in [0.29, 0.717) is 22.8 Å². The van der Waals surface area contributed by atoms with Crippen molar-refractivity contribution in [3.05, 3.63) is 23.8 Å². The van der Waals surface area contributed by atoms with Gasteiger partial charge in [-0.2, -0.15) is 5.26 Å². The van der Waals surface area contributed by atoms with Crippen molar-refractivity contribution < 1.29 is 4.21 Å². The third kappa shape index (κ3) is 3.86. The van der Waals surface area contributed by atoms with E-state index in [2.05, 4.69) is 6.07 Å². The molecule has 0 amide bonds. The van der Waals surface area contributed by atoms with E-state index >= 15 is 0 Å². The third-order valence-electron chi connectivity index (χ3n) is 2.63. The highest BCUT2D eigenvalue weighted by Crippen LogP contribution is 2.23. The van der Waals surface area contributed by atoms with Gasteiger partial charge in [0.2, 0.25) is 0 Å². The Kier molecular flexibility index (Phi) is 4.30. The lowest BCUT2D eigenvalue weighted by atomic mass is 9.93. The van der Waals surface area contributed by atoms with Crippen molar-refractivity contribution >= 4 is 16.5 Å². The molecule has 0 bridgehead atoms. The molecule has 0 aliphatic heterocycles. The smallest absolute Gasteiger partial charge is 0.0684 e. The minimum Gasteiger partial charge on any atom is -0.398 e. The van der Waals surface area contributed by atoms with Crippen LogP contribution in [0.3, 0.4) is 0 Å². The molecule has 0 aromatic heterocycles. The first-order valence-corrected chi connectivity index (χ1v) is 6.83. The number of hydrogen-bond acceptors (Lipinski definition) is 3. The zero-order chi connectivity index (χ0) is 13.1. The summed E-state index contributed by atoms with van der Waals surface area (Å²) in [6, 6.07) is 7.73. The van der Waals surface area contributed by atoms with Gasteiger partial charge < -0.3 is 5.73 Å². The van der Waals surface area contributed by atoms with Gasteiger partial charge in [0, 0.05) is 11.4 Å². The average Bonchev–Trinajstić information content (AvgIpc) is 2.29. The Balaban J connectivity index is 2.78. The van der Waals surface area contributed by atoms with Gasteiger partial charge in [-0.15, -0.1) is 0 Å². The van der Waals surface area contributed by atoms with Crippen molar-refractivity contribution in [2.75, 3.05) is 11.5 Å². The van der Waals surface area contributed by atoms with Crippen LogP contribution in [0.15, 0.2) is 23.1 Å². The summed E-state index contributed by atoms with van der Waals surface area (Å²) in [5.74, 6) is 0.466. The molecule has 3 nitrogen and oxygen atoms in total. The molecule has 2 N–H and O–H groups in total. The number of nitriles is 1. The molecule has 0 radical (unpaired) electrons. The van der Waals surface area contributed by atoms with E-state index in [1.807, 2.05) is 32.9 Å². The van der Waals surface area contributed by atoms with E-state index in [1.54, 1.807) is 6.07 Å². The maximum Gasteiger partial charge on any atom is 0.0684 e. The van der Waals surface area contributed by atoms with Crippen LogP contribution < -0.4 is 5.73 Å². The number of rotatable bonds is 4. The normalized spacial score (nSPS) is 13.1. The molecule has 0 saturated carbocycles. The van der Waals surface area contributed by atoms with Gasteiger partial charge in [0.25, 0.3) is 0 Å². The second-order valence-electron chi connectivity index (χ2n) is 4.84. The molecule has 1 unspecified atom stereocenters. The van der Waals surface area contributed by atoms with E-state index < -0.39 is 16.2 Å². The molecule has 1 aromatic carbocycles. The lowest BCUT2D eigenvalue weighted by molar-refractivity contribution is 0.479. The predicted molar refractivity (Wildman–Crippen MR) is 70.9 cm³/mol. The summed E-state index contributed by atoms with van der Waals surface area (Å²) in [4.78, 5) is 0.679. The first-order chi connectivity index (χ1) is 7.85. The molecule has 17 heavy (non-hydrogen) atoms. The summed E-state index contributed by atoms with van der Waals surface area (Å²) in [6.45, 7) is 5.65. The Morgan fingerprint density at radius 2 is 2.12 bits per heavy atom. The van der Waals surface area contributed by atoms with E-state index in [1.165, 1.54) is 0 Å². The van der Waals surface area contributed by atoms with Crippen LogP contribution >= 0.6 is 0 Å². The third-order valence-corrected chi connectivity index (χ3v) is 4.05. The second-order valence-corrected chi connectivity index (χ2v) is 6.38. The standard InChI is InChI=1S/C13H18N2OS/c1-10-4-5-11(15)12(8-10)17(16)7-6-13(2,3)9-14/h4-5,8H,6-7,15H2,1-3H3. The number of hydrogen-bond donors (Lipinski definition) is 1. The van der Waals surface area contributed by atoms with Crippen LogP contribution in [0.5, 0.6) is 0 Å². The van der Waals surface area contributed by atoms with Gasteiger partial charge in [0.05, 0.1) is 27.2 Å². The Morgan fingerprint density at radius 1 is 1.47 bits per heavy atom. The van der Waals surface area contributed by atoms with Crippen molar-refractivity contribution in [3.63, 3.8) is 0 Å². The molecule has 4 heteroatoms. The number of aryl methyl sites for hydroxylation is 1. The van der Waals surface area contributed by atoms with Crippen LogP contribution in [0.1, 0.15) is 25.8 Å². The van der Waals surface area contributed by atoms with Gasteiger partial charge in [0.1, 0.15) is 0 Å².